The Hall–Kier alpha value is -3.59. The second-order valence-electron chi connectivity index (χ2n) is 6.32. The molecule has 160 valence electrons. The number of benzene rings is 2. The Balaban J connectivity index is 2.02. The first-order valence-corrected chi connectivity index (χ1v) is 10.1. The zero-order valence-corrected chi connectivity index (χ0v) is 17.2. The molecule has 0 saturated heterocycles. The number of carbonyl (C=O) groups excluding carboxylic acids is 2. The predicted molar refractivity (Wildman–Crippen MR) is 114 cm³/mol. The molecule has 1 heterocycles. The van der Waals surface area contributed by atoms with Gasteiger partial charge in [-0.25, -0.2) is 13.6 Å². The fourth-order valence-corrected chi connectivity index (χ4v) is 3.74. The molecule has 1 amide bonds. The van der Waals surface area contributed by atoms with E-state index >= 15 is 0 Å². The molecule has 0 atom stereocenters. The van der Waals surface area contributed by atoms with E-state index in [1.54, 1.807) is 13.0 Å². The molecule has 0 saturated carbocycles. The molecular formula is C22H18F2N2O4S. The van der Waals surface area contributed by atoms with Crippen molar-refractivity contribution in [3.63, 3.8) is 0 Å². The largest absolute Gasteiger partial charge is 0.463 e. The van der Waals surface area contributed by atoms with Gasteiger partial charge in [-0.15, -0.1) is 11.3 Å². The summed E-state index contributed by atoms with van der Waals surface area (Å²) >= 11 is 0.926. The second-order valence-corrected chi connectivity index (χ2v) is 7.38. The number of hydrogen-bond acceptors (Lipinski definition) is 5. The monoisotopic (exact) mass is 444 g/mol. The highest BCUT2D eigenvalue weighted by Crippen LogP contribution is 2.09. The molecule has 2 aromatic carbocycles. The Labute approximate surface area is 179 Å². The van der Waals surface area contributed by atoms with Crippen molar-refractivity contribution in [2.75, 3.05) is 11.9 Å². The summed E-state index contributed by atoms with van der Waals surface area (Å²) in [5.74, 6) is -2.31. The lowest BCUT2D eigenvalue weighted by molar-refractivity contribution is -0.135. The summed E-state index contributed by atoms with van der Waals surface area (Å²) in [5, 5.41) is 2.50. The maximum atomic E-state index is 14.0. The zero-order valence-electron chi connectivity index (χ0n) is 16.4. The summed E-state index contributed by atoms with van der Waals surface area (Å²) < 4.78 is 33.6. The number of nitrogens with zero attached hydrogens (tertiary/aromatic N) is 1. The van der Waals surface area contributed by atoms with Crippen molar-refractivity contribution in [2.45, 2.75) is 13.5 Å². The van der Waals surface area contributed by atoms with Crippen molar-refractivity contribution in [1.29, 1.82) is 0 Å². The molecule has 0 aliphatic heterocycles. The van der Waals surface area contributed by atoms with E-state index in [4.69, 9.17) is 4.74 Å². The number of thiazole rings is 1. The quantitative estimate of drug-likeness (QED) is 0.590. The fourth-order valence-electron chi connectivity index (χ4n) is 2.72. The number of anilines is 1. The minimum atomic E-state index is -0.680. The van der Waals surface area contributed by atoms with Gasteiger partial charge in [-0.3, -0.25) is 14.2 Å². The Kier molecular flexibility index (Phi) is 7.09. The Morgan fingerprint density at radius 3 is 2.65 bits per heavy atom. The normalized spacial score (nSPS) is 12.1. The first kappa shape index (κ1) is 22.1. The minimum Gasteiger partial charge on any atom is -0.463 e. The third kappa shape index (κ3) is 5.73. The van der Waals surface area contributed by atoms with Crippen molar-refractivity contribution in [3.8, 4) is 0 Å². The van der Waals surface area contributed by atoms with Crippen LogP contribution in [0.15, 0.2) is 53.3 Å². The average molecular weight is 444 g/mol. The number of halogens is 2. The molecule has 1 N–H and O–H groups in total. The van der Waals surface area contributed by atoms with Crippen LogP contribution in [0.25, 0.3) is 12.2 Å². The number of amides is 1. The molecule has 31 heavy (non-hydrogen) atoms. The third-order valence-electron chi connectivity index (χ3n) is 4.07. The maximum Gasteiger partial charge on any atom is 0.333 e. The smallest absolute Gasteiger partial charge is 0.333 e. The van der Waals surface area contributed by atoms with Gasteiger partial charge in [0.25, 0.3) is 5.56 Å². The van der Waals surface area contributed by atoms with Gasteiger partial charge in [0.1, 0.15) is 22.8 Å². The highest BCUT2D eigenvalue weighted by Gasteiger charge is 2.12. The maximum absolute atomic E-state index is 14.0. The molecule has 0 aliphatic rings. The van der Waals surface area contributed by atoms with Crippen LogP contribution >= 0.6 is 11.3 Å². The highest BCUT2D eigenvalue weighted by atomic mass is 32.1. The molecule has 0 radical (unpaired) electrons. The number of rotatable bonds is 6. The van der Waals surface area contributed by atoms with Crippen molar-refractivity contribution < 1.29 is 23.1 Å². The lowest BCUT2D eigenvalue weighted by Crippen LogP contribution is -2.36. The number of ether oxygens (including phenoxy) is 1. The summed E-state index contributed by atoms with van der Waals surface area (Å²) in [7, 11) is 0. The van der Waals surface area contributed by atoms with E-state index in [9.17, 15) is 23.2 Å². The topological polar surface area (TPSA) is 77.4 Å². The van der Waals surface area contributed by atoms with E-state index in [-0.39, 0.29) is 27.1 Å². The number of hydrogen-bond donors (Lipinski definition) is 1. The molecule has 6 nitrogen and oxygen atoms in total. The van der Waals surface area contributed by atoms with Crippen LogP contribution in [0.5, 0.6) is 0 Å². The van der Waals surface area contributed by atoms with Crippen molar-refractivity contribution in [1.82, 2.24) is 4.57 Å². The molecule has 3 aromatic rings. The van der Waals surface area contributed by atoms with Crippen LogP contribution in [-0.4, -0.2) is 23.1 Å². The van der Waals surface area contributed by atoms with Gasteiger partial charge < -0.3 is 10.1 Å². The number of esters is 1. The number of nitrogens with one attached hydrogen (secondary N) is 1. The van der Waals surface area contributed by atoms with Gasteiger partial charge in [-0.2, -0.15) is 0 Å². The van der Waals surface area contributed by atoms with E-state index in [1.165, 1.54) is 42.5 Å². The zero-order chi connectivity index (χ0) is 22.4. The van der Waals surface area contributed by atoms with Crippen LogP contribution in [0.2, 0.25) is 0 Å². The van der Waals surface area contributed by atoms with E-state index in [0.29, 0.717) is 0 Å². The number of carbonyl (C=O) groups is 2. The lowest BCUT2D eigenvalue weighted by atomic mass is 10.2. The van der Waals surface area contributed by atoms with E-state index in [1.807, 2.05) is 0 Å². The molecule has 3 rings (SSSR count). The Morgan fingerprint density at radius 1 is 1.16 bits per heavy atom. The molecule has 0 spiro atoms. The summed E-state index contributed by atoms with van der Waals surface area (Å²) in [6.07, 6.45) is 2.45. The average Bonchev–Trinajstić information content (AvgIpc) is 2.98. The first-order valence-electron chi connectivity index (χ1n) is 9.27. The van der Waals surface area contributed by atoms with E-state index in [0.717, 1.165) is 28.0 Å². The summed E-state index contributed by atoms with van der Waals surface area (Å²) in [5.41, 5.74) is -0.152. The van der Waals surface area contributed by atoms with E-state index in [2.05, 4.69) is 5.32 Å². The third-order valence-corrected chi connectivity index (χ3v) is 5.13. The van der Waals surface area contributed by atoms with Crippen LogP contribution in [0.4, 0.5) is 14.5 Å². The SMILES string of the molecule is CCOC(=O)/C=c1\s/c(=C\c2ccccc2F)c(=O)n1CC(=O)Nc1cccc(F)c1. The molecule has 1 aromatic heterocycles. The van der Waals surface area contributed by atoms with Crippen LogP contribution in [0, 0.1) is 11.6 Å². The highest BCUT2D eigenvalue weighted by molar-refractivity contribution is 7.07. The minimum absolute atomic E-state index is 0.138. The first-order chi connectivity index (χ1) is 14.9. The standard InChI is InChI=1S/C22H18F2N2O4S/c1-2-30-21(28)12-20-26(13-19(27)25-16-8-5-7-15(23)11-16)22(29)18(31-20)10-14-6-3-4-9-17(14)24/h3-12H,2,13H2,1H3,(H,25,27)/b18-10-,20-12-. The molecule has 0 unspecified atom stereocenters. The molecule has 0 bridgehead atoms. The van der Waals surface area contributed by atoms with Gasteiger partial charge in [0.05, 0.1) is 17.2 Å². The van der Waals surface area contributed by atoms with Crippen LogP contribution in [-0.2, 0) is 20.9 Å². The van der Waals surface area contributed by atoms with Gasteiger partial charge in [0.15, 0.2) is 0 Å². The molecule has 9 heteroatoms. The summed E-state index contributed by atoms with van der Waals surface area (Å²) in [6.45, 7) is 1.35. The van der Waals surface area contributed by atoms with Crippen molar-refractivity contribution in [3.05, 3.63) is 85.3 Å². The summed E-state index contributed by atoms with van der Waals surface area (Å²) in [4.78, 5) is 37.2. The Morgan fingerprint density at radius 2 is 1.94 bits per heavy atom. The molecular weight excluding hydrogens is 426 g/mol. The van der Waals surface area contributed by atoms with Gasteiger partial charge >= 0.3 is 5.97 Å². The van der Waals surface area contributed by atoms with Crippen molar-refractivity contribution in [2.24, 2.45) is 0 Å². The predicted octanol–water partition coefficient (Wildman–Crippen LogP) is 2.00. The van der Waals surface area contributed by atoms with Gasteiger partial charge in [0.2, 0.25) is 5.91 Å². The molecule has 0 fully saturated rings. The van der Waals surface area contributed by atoms with Crippen LogP contribution in [0.3, 0.4) is 0 Å². The van der Waals surface area contributed by atoms with Gasteiger partial charge in [-0.05, 0) is 37.3 Å². The fraction of sp³-hybridized carbons (Fsp3) is 0.136. The molecule has 0 aliphatic carbocycles. The van der Waals surface area contributed by atoms with Gasteiger partial charge in [-0.1, -0.05) is 24.3 Å². The van der Waals surface area contributed by atoms with Gasteiger partial charge in [0, 0.05) is 11.3 Å². The van der Waals surface area contributed by atoms with E-state index < -0.39 is 35.6 Å². The van der Waals surface area contributed by atoms with Crippen LogP contribution in [0.1, 0.15) is 12.5 Å². The Bertz CT molecular complexity index is 1300. The van der Waals surface area contributed by atoms with Crippen molar-refractivity contribution >= 4 is 41.1 Å². The van der Waals surface area contributed by atoms with Crippen LogP contribution < -0.4 is 20.1 Å². The summed E-state index contributed by atoms with van der Waals surface area (Å²) in [6, 6.07) is 11.2. The number of aromatic nitrogens is 1. The second kappa shape index (κ2) is 9.94. The lowest BCUT2D eigenvalue weighted by Gasteiger charge is -2.06.